The van der Waals surface area contributed by atoms with Gasteiger partial charge in [0.1, 0.15) is 11.5 Å². The molecule has 0 amide bonds. The van der Waals surface area contributed by atoms with Crippen LogP contribution < -0.4 is 9.47 Å². The standard InChI is InChI=1S/C28H28N2O2/c1-21(2)31-27-14-13-25(19-23(27)4)22(3)9-8-17-29-18-16-24-12-15-28(30-20-24)32-26-10-6-5-7-11-26/h5-21H,3H2,1-2,4H3/b9-8-,18-16+,29-17-. The SMILES string of the molecule is C=C(\C=C/C=N\C=C\c1ccc(Oc2ccccc2)nc1)c1ccc(OC(C)C)c(C)c1. The summed E-state index contributed by atoms with van der Waals surface area (Å²) in [4.78, 5) is 8.59. The van der Waals surface area contributed by atoms with Gasteiger partial charge in [-0.15, -0.1) is 0 Å². The van der Waals surface area contributed by atoms with Crippen LogP contribution in [-0.2, 0) is 0 Å². The van der Waals surface area contributed by atoms with Gasteiger partial charge in [0.15, 0.2) is 0 Å². The molecule has 0 saturated carbocycles. The highest BCUT2D eigenvalue weighted by Crippen LogP contribution is 2.24. The van der Waals surface area contributed by atoms with Crippen LogP contribution in [0.5, 0.6) is 17.4 Å². The average Bonchev–Trinajstić information content (AvgIpc) is 2.79. The maximum atomic E-state index is 5.79. The highest BCUT2D eigenvalue weighted by Gasteiger charge is 2.04. The molecule has 162 valence electrons. The van der Waals surface area contributed by atoms with Gasteiger partial charge >= 0.3 is 0 Å². The molecule has 0 aliphatic rings. The van der Waals surface area contributed by atoms with E-state index in [0.717, 1.165) is 33.8 Å². The molecule has 0 N–H and O–H groups in total. The highest BCUT2D eigenvalue weighted by atomic mass is 16.5. The second kappa shape index (κ2) is 11.5. The molecule has 3 aromatic rings. The van der Waals surface area contributed by atoms with Crippen LogP contribution in [0.2, 0.25) is 0 Å². The lowest BCUT2D eigenvalue weighted by Gasteiger charge is -2.13. The lowest BCUT2D eigenvalue weighted by Crippen LogP contribution is -2.06. The van der Waals surface area contributed by atoms with Crippen LogP contribution in [-0.4, -0.2) is 17.3 Å². The summed E-state index contributed by atoms with van der Waals surface area (Å²) in [5, 5.41) is 0. The molecular weight excluding hydrogens is 396 g/mol. The molecule has 0 aliphatic carbocycles. The predicted molar refractivity (Wildman–Crippen MR) is 133 cm³/mol. The Morgan fingerprint density at radius 1 is 1.06 bits per heavy atom. The molecule has 0 fully saturated rings. The molecule has 0 bridgehead atoms. The second-order valence-corrected chi connectivity index (χ2v) is 7.49. The number of aliphatic imine (C=N–C) groups is 1. The van der Waals surface area contributed by atoms with E-state index in [4.69, 9.17) is 9.47 Å². The van der Waals surface area contributed by atoms with Crippen molar-refractivity contribution in [3.63, 3.8) is 0 Å². The zero-order chi connectivity index (χ0) is 22.8. The first-order valence-corrected chi connectivity index (χ1v) is 10.5. The van der Waals surface area contributed by atoms with Crippen molar-refractivity contribution in [3.8, 4) is 17.4 Å². The minimum Gasteiger partial charge on any atom is -0.491 e. The molecule has 0 radical (unpaired) electrons. The lowest BCUT2D eigenvalue weighted by atomic mass is 10.0. The van der Waals surface area contributed by atoms with Gasteiger partial charge in [-0.1, -0.05) is 36.9 Å². The Balaban J connectivity index is 1.50. The molecular formula is C28H28N2O2. The number of hydrogen-bond acceptors (Lipinski definition) is 4. The van der Waals surface area contributed by atoms with Gasteiger partial charge in [0, 0.05) is 24.7 Å². The largest absolute Gasteiger partial charge is 0.491 e. The monoisotopic (exact) mass is 424 g/mol. The van der Waals surface area contributed by atoms with Gasteiger partial charge in [-0.3, -0.25) is 4.99 Å². The first-order valence-electron chi connectivity index (χ1n) is 10.5. The van der Waals surface area contributed by atoms with Gasteiger partial charge in [0.2, 0.25) is 5.88 Å². The van der Waals surface area contributed by atoms with Crippen molar-refractivity contribution in [2.75, 3.05) is 0 Å². The van der Waals surface area contributed by atoms with Crippen LogP contribution in [0, 0.1) is 6.92 Å². The molecule has 32 heavy (non-hydrogen) atoms. The van der Waals surface area contributed by atoms with E-state index < -0.39 is 0 Å². The number of allylic oxidation sites excluding steroid dienone is 3. The van der Waals surface area contributed by atoms with Crippen molar-refractivity contribution in [1.82, 2.24) is 4.98 Å². The summed E-state index contributed by atoms with van der Waals surface area (Å²) in [6, 6.07) is 19.4. The Kier molecular flexibility index (Phi) is 8.15. The van der Waals surface area contributed by atoms with Crippen molar-refractivity contribution < 1.29 is 9.47 Å². The summed E-state index contributed by atoms with van der Waals surface area (Å²) in [6.07, 6.45) is 11.0. The van der Waals surface area contributed by atoms with E-state index in [9.17, 15) is 0 Å². The topological polar surface area (TPSA) is 43.7 Å². The highest BCUT2D eigenvalue weighted by molar-refractivity contribution is 5.81. The molecule has 1 aromatic heterocycles. The Hall–Kier alpha value is -3.92. The minimum absolute atomic E-state index is 0.156. The van der Waals surface area contributed by atoms with Crippen molar-refractivity contribution in [2.45, 2.75) is 26.9 Å². The number of pyridine rings is 1. The number of aromatic nitrogens is 1. The molecule has 3 rings (SSSR count). The second-order valence-electron chi connectivity index (χ2n) is 7.49. The van der Waals surface area contributed by atoms with Crippen LogP contribution in [0.1, 0.15) is 30.5 Å². The average molecular weight is 425 g/mol. The third-order valence-electron chi connectivity index (χ3n) is 4.46. The number of ether oxygens (including phenoxy) is 2. The van der Waals surface area contributed by atoms with Crippen molar-refractivity contribution in [1.29, 1.82) is 0 Å². The van der Waals surface area contributed by atoms with Gasteiger partial charge in [0.05, 0.1) is 6.10 Å². The number of para-hydroxylation sites is 1. The Morgan fingerprint density at radius 3 is 2.56 bits per heavy atom. The number of nitrogens with zero attached hydrogens (tertiary/aromatic N) is 2. The van der Waals surface area contributed by atoms with Crippen molar-refractivity contribution in [2.24, 2.45) is 4.99 Å². The number of rotatable bonds is 9. The van der Waals surface area contributed by atoms with E-state index in [1.165, 1.54) is 0 Å². The maximum absolute atomic E-state index is 5.79. The Labute approximate surface area is 190 Å². The Bertz CT molecular complexity index is 1110. The molecule has 0 spiro atoms. The summed E-state index contributed by atoms with van der Waals surface area (Å²) >= 11 is 0. The van der Waals surface area contributed by atoms with Gasteiger partial charge in [0.25, 0.3) is 0 Å². The molecule has 0 atom stereocenters. The third-order valence-corrected chi connectivity index (χ3v) is 4.46. The Morgan fingerprint density at radius 2 is 1.88 bits per heavy atom. The van der Waals surface area contributed by atoms with Crippen LogP contribution in [0.4, 0.5) is 0 Å². The van der Waals surface area contributed by atoms with Crippen molar-refractivity contribution in [3.05, 3.63) is 108 Å². The summed E-state index contributed by atoms with van der Waals surface area (Å²) in [6.45, 7) is 10.2. The molecule has 4 heteroatoms. The van der Waals surface area contributed by atoms with E-state index >= 15 is 0 Å². The normalized spacial score (nSPS) is 11.6. The molecule has 2 aromatic carbocycles. The molecule has 0 unspecified atom stereocenters. The third kappa shape index (κ3) is 7.10. The van der Waals surface area contributed by atoms with E-state index in [-0.39, 0.29) is 6.10 Å². The van der Waals surface area contributed by atoms with Crippen molar-refractivity contribution >= 4 is 17.9 Å². The molecule has 4 nitrogen and oxygen atoms in total. The summed E-state index contributed by atoms with van der Waals surface area (Å²) in [5.74, 6) is 2.22. The fourth-order valence-electron chi connectivity index (χ4n) is 2.88. The molecule has 1 heterocycles. The minimum atomic E-state index is 0.156. The molecule has 0 saturated heterocycles. The summed E-state index contributed by atoms with van der Waals surface area (Å²) in [7, 11) is 0. The van der Waals surface area contributed by atoms with Gasteiger partial charge in [-0.2, -0.15) is 0 Å². The number of aryl methyl sites for hydroxylation is 1. The van der Waals surface area contributed by atoms with Gasteiger partial charge in [-0.25, -0.2) is 4.98 Å². The van der Waals surface area contributed by atoms with Gasteiger partial charge in [-0.05, 0) is 85.5 Å². The zero-order valence-corrected chi connectivity index (χ0v) is 18.7. The van der Waals surface area contributed by atoms with E-state index in [0.29, 0.717) is 5.88 Å². The fraction of sp³-hybridized carbons (Fsp3) is 0.143. The number of benzene rings is 2. The maximum Gasteiger partial charge on any atom is 0.219 e. The lowest BCUT2D eigenvalue weighted by molar-refractivity contribution is 0.241. The quantitative estimate of drug-likeness (QED) is 0.268. The summed E-state index contributed by atoms with van der Waals surface area (Å²) < 4.78 is 11.5. The van der Waals surface area contributed by atoms with Gasteiger partial charge < -0.3 is 9.47 Å². The predicted octanol–water partition coefficient (Wildman–Crippen LogP) is 7.28. The van der Waals surface area contributed by atoms with Crippen LogP contribution in [0.3, 0.4) is 0 Å². The fourth-order valence-corrected chi connectivity index (χ4v) is 2.88. The molecule has 0 aliphatic heterocycles. The first kappa shape index (κ1) is 22.8. The van der Waals surface area contributed by atoms with E-state index in [1.807, 2.05) is 93.6 Å². The summed E-state index contributed by atoms with van der Waals surface area (Å²) in [5.41, 5.74) is 4.01. The van der Waals surface area contributed by atoms with Crippen LogP contribution in [0.15, 0.2) is 96.8 Å². The smallest absolute Gasteiger partial charge is 0.219 e. The first-order chi connectivity index (χ1) is 15.5. The van der Waals surface area contributed by atoms with E-state index in [1.54, 1.807) is 18.6 Å². The number of hydrogen-bond donors (Lipinski definition) is 0. The zero-order valence-electron chi connectivity index (χ0n) is 18.7. The van der Waals surface area contributed by atoms with Crippen LogP contribution in [0.25, 0.3) is 11.6 Å². The van der Waals surface area contributed by atoms with Crippen LogP contribution >= 0.6 is 0 Å². The van der Waals surface area contributed by atoms with E-state index in [2.05, 4.69) is 22.6 Å².